The van der Waals surface area contributed by atoms with Gasteiger partial charge in [0.25, 0.3) is 5.91 Å². The number of methoxy groups -OCH3 is 1. The molecule has 1 fully saturated rings. The van der Waals surface area contributed by atoms with E-state index in [1.807, 2.05) is 24.3 Å². The fourth-order valence-corrected chi connectivity index (χ4v) is 3.89. The fourth-order valence-electron chi connectivity index (χ4n) is 3.89. The maximum absolute atomic E-state index is 12.5. The largest absolute Gasteiger partial charge is 0.497 e. The van der Waals surface area contributed by atoms with Gasteiger partial charge < -0.3 is 20.5 Å². The van der Waals surface area contributed by atoms with Gasteiger partial charge in [-0.2, -0.15) is 13.2 Å². The van der Waals surface area contributed by atoms with E-state index >= 15 is 0 Å². The number of hydrogen-bond donors (Lipinski definition) is 3. The molecule has 1 aliphatic rings. The highest BCUT2D eigenvalue weighted by molar-refractivity contribution is 5.94. The number of alkyl halides is 3. The number of carboxylic acids is 1. The number of carbonyl (C=O) groups is 2. The molecule has 3 aromatic carbocycles. The quantitative estimate of drug-likeness (QED) is 0.422. The van der Waals surface area contributed by atoms with Crippen LogP contribution in [0.5, 0.6) is 5.75 Å². The summed E-state index contributed by atoms with van der Waals surface area (Å²) in [6.07, 6.45) is -5.08. The molecule has 10 heteroatoms. The molecule has 3 N–H and O–H groups in total. The summed E-state index contributed by atoms with van der Waals surface area (Å²) in [4.78, 5) is 23.9. The maximum Gasteiger partial charge on any atom is 0.490 e. The zero-order chi connectivity index (χ0) is 27.5. The van der Waals surface area contributed by atoms with Crippen molar-refractivity contribution in [2.24, 2.45) is 0 Å². The first kappa shape index (κ1) is 28.7. The van der Waals surface area contributed by atoms with Crippen LogP contribution < -0.4 is 15.4 Å². The number of halogens is 3. The van der Waals surface area contributed by atoms with Gasteiger partial charge in [0.2, 0.25) is 0 Å². The molecule has 1 saturated heterocycles. The van der Waals surface area contributed by atoms with E-state index in [1.165, 1.54) is 11.1 Å². The Morgan fingerprint density at radius 2 is 1.53 bits per heavy atom. The zero-order valence-electron chi connectivity index (χ0n) is 20.9. The fraction of sp³-hybridized carbons (Fsp3) is 0.286. The molecule has 0 saturated carbocycles. The molecular formula is C28H30F3N3O4. The van der Waals surface area contributed by atoms with Crippen LogP contribution >= 0.6 is 0 Å². The Balaban J connectivity index is 0.000000505. The van der Waals surface area contributed by atoms with Gasteiger partial charge in [-0.25, -0.2) is 4.79 Å². The first-order valence-corrected chi connectivity index (χ1v) is 12.0. The topological polar surface area (TPSA) is 90.9 Å². The van der Waals surface area contributed by atoms with E-state index in [-0.39, 0.29) is 5.91 Å². The van der Waals surface area contributed by atoms with Gasteiger partial charge in [0.15, 0.2) is 0 Å². The second kappa shape index (κ2) is 13.6. The van der Waals surface area contributed by atoms with Gasteiger partial charge in [-0.1, -0.05) is 42.5 Å². The lowest BCUT2D eigenvalue weighted by Crippen LogP contribution is -2.42. The number of hydrogen-bond acceptors (Lipinski definition) is 5. The molecule has 0 atom stereocenters. The summed E-state index contributed by atoms with van der Waals surface area (Å²) in [5.41, 5.74) is 5.36. The molecule has 0 unspecified atom stereocenters. The molecule has 1 amide bonds. The third-order valence-electron chi connectivity index (χ3n) is 5.83. The Kier molecular flexibility index (Phi) is 10.3. The standard InChI is InChI=1S/C26H29N3O2.C2HF3O2/c1-31-25-10-4-9-24(17-25)26(30)28-18-20-5-2-7-22(15-20)23-8-3-6-21(16-23)19-29-13-11-27-12-14-29;3-2(4,5)1(6)7/h2-10,15-17,27H,11-14,18-19H2,1H3,(H,28,30);(H,6,7). The van der Waals surface area contributed by atoms with Crippen LogP contribution in [0, 0.1) is 0 Å². The van der Waals surface area contributed by atoms with Crippen molar-refractivity contribution in [2.45, 2.75) is 19.3 Å². The lowest BCUT2D eigenvalue weighted by atomic mass is 10.0. The molecule has 4 rings (SSSR count). The molecule has 0 aromatic heterocycles. The normalized spacial score (nSPS) is 13.7. The first-order valence-electron chi connectivity index (χ1n) is 12.0. The Morgan fingerprint density at radius 3 is 2.13 bits per heavy atom. The summed E-state index contributed by atoms with van der Waals surface area (Å²) in [7, 11) is 1.60. The van der Waals surface area contributed by atoms with E-state index in [0.29, 0.717) is 17.9 Å². The van der Waals surface area contributed by atoms with Gasteiger partial charge >= 0.3 is 12.1 Å². The third kappa shape index (κ3) is 8.89. The monoisotopic (exact) mass is 529 g/mol. The Bertz CT molecular complexity index is 1230. The number of nitrogens with one attached hydrogen (secondary N) is 2. The molecule has 0 radical (unpaired) electrons. The number of piperazine rings is 1. The highest BCUT2D eigenvalue weighted by Gasteiger charge is 2.38. The van der Waals surface area contributed by atoms with Crippen molar-refractivity contribution in [1.29, 1.82) is 0 Å². The number of carbonyl (C=O) groups excluding carboxylic acids is 1. The Morgan fingerprint density at radius 1 is 0.947 bits per heavy atom. The van der Waals surface area contributed by atoms with Crippen molar-refractivity contribution < 1.29 is 32.6 Å². The smallest absolute Gasteiger partial charge is 0.490 e. The molecule has 7 nitrogen and oxygen atoms in total. The number of carboxylic acid groups (broad SMARTS) is 1. The van der Waals surface area contributed by atoms with Crippen LogP contribution in [0.15, 0.2) is 72.8 Å². The van der Waals surface area contributed by atoms with E-state index in [4.69, 9.17) is 14.6 Å². The van der Waals surface area contributed by atoms with Crippen LogP contribution in [0.2, 0.25) is 0 Å². The molecule has 202 valence electrons. The van der Waals surface area contributed by atoms with Crippen molar-refractivity contribution in [2.75, 3.05) is 33.3 Å². The summed E-state index contributed by atoms with van der Waals surface area (Å²) >= 11 is 0. The van der Waals surface area contributed by atoms with Crippen molar-refractivity contribution in [3.63, 3.8) is 0 Å². The number of benzene rings is 3. The predicted molar refractivity (Wildman–Crippen MR) is 138 cm³/mol. The molecule has 0 spiro atoms. The Labute approximate surface area is 219 Å². The Hall–Kier alpha value is -3.89. The van der Waals surface area contributed by atoms with E-state index in [2.05, 4.69) is 51.9 Å². The molecule has 1 heterocycles. The summed E-state index contributed by atoms with van der Waals surface area (Å²) in [6, 6.07) is 24.3. The second-order valence-electron chi connectivity index (χ2n) is 8.64. The molecule has 0 bridgehead atoms. The van der Waals surface area contributed by atoms with Gasteiger partial charge in [0.1, 0.15) is 5.75 Å². The minimum Gasteiger partial charge on any atom is -0.497 e. The van der Waals surface area contributed by atoms with Crippen molar-refractivity contribution in [1.82, 2.24) is 15.5 Å². The number of rotatable bonds is 7. The van der Waals surface area contributed by atoms with Gasteiger partial charge in [-0.05, 0) is 52.6 Å². The van der Waals surface area contributed by atoms with Crippen molar-refractivity contribution >= 4 is 11.9 Å². The first-order chi connectivity index (χ1) is 18.2. The lowest BCUT2D eigenvalue weighted by molar-refractivity contribution is -0.192. The summed E-state index contributed by atoms with van der Waals surface area (Å²) < 4.78 is 36.9. The van der Waals surface area contributed by atoms with E-state index < -0.39 is 12.1 Å². The van der Waals surface area contributed by atoms with Gasteiger partial charge in [-0.3, -0.25) is 9.69 Å². The van der Waals surface area contributed by atoms with Crippen LogP contribution in [0.3, 0.4) is 0 Å². The highest BCUT2D eigenvalue weighted by Crippen LogP contribution is 2.23. The van der Waals surface area contributed by atoms with Gasteiger partial charge in [0.05, 0.1) is 7.11 Å². The van der Waals surface area contributed by atoms with E-state index in [9.17, 15) is 18.0 Å². The van der Waals surface area contributed by atoms with Crippen LogP contribution in [0.4, 0.5) is 13.2 Å². The number of amides is 1. The van der Waals surface area contributed by atoms with Crippen molar-refractivity contribution in [3.8, 4) is 16.9 Å². The molecule has 3 aromatic rings. The summed E-state index contributed by atoms with van der Waals surface area (Å²) in [5, 5.41) is 13.5. The highest BCUT2D eigenvalue weighted by atomic mass is 19.4. The molecule has 0 aliphatic carbocycles. The zero-order valence-corrected chi connectivity index (χ0v) is 20.9. The van der Waals surface area contributed by atoms with Crippen molar-refractivity contribution in [3.05, 3.63) is 89.5 Å². The summed E-state index contributed by atoms with van der Waals surface area (Å²) in [6.45, 7) is 5.75. The van der Waals surface area contributed by atoms with Crippen LogP contribution in [-0.4, -0.2) is 61.3 Å². The van der Waals surface area contributed by atoms with Gasteiger partial charge in [0, 0.05) is 44.8 Å². The number of ether oxygens (including phenoxy) is 1. The molecular weight excluding hydrogens is 499 g/mol. The predicted octanol–water partition coefficient (Wildman–Crippen LogP) is 4.33. The number of aliphatic carboxylic acids is 1. The van der Waals surface area contributed by atoms with Crippen LogP contribution in [-0.2, 0) is 17.9 Å². The third-order valence-corrected chi connectivity index (χ3v) is 5.83. The minimum atomic E-state index is -5.08. The second-order valence-corrected chi connectivity index (χ2v) is 8.64. The summed E-state index contributed by atoms with van der Waals surface area (Å²) in [5.74, 6) is -2.19. The SMILES string of the molecule is COc1cccc(C(=O)NCc2cccc(-c3cccc(CN4CCNCC4)c3)c2)c1.O=C(O)C(F)(F)F. The average Bonchev–Trinajstić information content (AvgIpc) is 2.92. The van der Waals surface area contributed by atoms with Crippen LogP contribution in [0.1, 0.15) is 21.5 Å². The molecule has 1 aliphatic heterocycles. The van der Waals surface area contributed by atoms with E-state index in [1.54, 1.807) is 19.2 Å². The van der Waals surface area contributed by atoms with Crippen LogP contribution in [0.25, 0.3) is 11.1 Å². The average molecular weight is 530 g/mol. The lowest BCUT2D eigenvalue weighted by Gasteiger charge is -2.27. The minimum absolute atomic E-state index is 0.109. The number of nitrogens with zero attached hydrogens (tertiary/aromatic N) is 1. The van der Waals surface area contributed by atoms with E-state index in [0.717, 1.165) is 43.9 Å². The maximum atomic E-state index is 12.5. The molecule has 38 heavy (non-hydrogen) atoms. The van der Waals surface area contributed by atoms with Gasteiger partial charge in [-0.15, -0.1) is 0 Å².